The van der Waals surface area contributed by atoms with E-state index in [1.807, 2.05) is 22.8 Å². The number of nitrogen functional groups attached to an aromatic ring is 1. The van der Waals surface area contributed by atoms with Crippen molar-refractivity contribution in [2.24, 2.45) is 0 Å². The van der Waals surface area contributed by atoms with Crippen LogP contribution in [0.2, 0.25) is 0 Å². The van der Waals surface area contributed by atoms with E-state index < -0.39 is 25.6 Å². The van der Waals surface area contributed by atoms with Crippen LogP contribution in [0.3, 0.4) is 0 Å². The summed E-state index contributed by atoms with van der Waals surface area (Å²) in [7, 11) is -4.87. The fourth-order valence-electron chi connectivity index (χ4n) is 6.10. The number of rotatable bonds is 20. The molecule has 0 unspecified atom stereocenters. The number of carbonyl (C=O) groups excluding carboxylic acids is 4. The number of aromatic nitrogens is 3. The zero-order valence-corrected chi connectivity index (χ0v) is 30.9. The summed E-state index contributed by atoms with van der Waals surface area (Å²) in [6.45, 7) is 3.52. The second-order valence-corrected chi connectivity index (χ2v) is 14.1. The third-order valence-electron chi connectivity index (χ3n) is 8.72. The molecule has 5 rings (SSSR count). The van der Waals surface area contributed by atoms with Gasteiger partial charge in [0.2, 0.25) is 5.91 Å². The van der Waals surface area contributed by atoms with Gasteiger partial charge in [0.15, 0.2) is 5.82 Å². The Labute approximate surface area is 311 Å². The molecule has 4 aromatic rings. The zero-order valence-electron chi connectivity index (χ0n) is 30.0. The number of hydroxylamine groups is 2. The van der Waals surface area contributed by atoms with Crippen molar-refractivity contribution < 1.29 is 52.7 Å². The van der Waals surface area contributed by atoms with E-state index in [-0.39, 0.29) is 61.9 Å². The van der Waals surface area contributed by atoms with Crippen LogP contribution in [0.1, 0.15) is 81.7 Å². The number of phenols is 1. The molecule has 1 aliphatic rings. The maximum absolute atomic E-state index is 12.1. The Morgan fingerprint density at radius 2 is 1.72 bits per heavy atom. The van der Waals surface area contributed by atoms with E-state index in [1.165, 1.54) is 18.2 Å². The normalized spacial score (nSPS) is 13.3. The second kappa shape index (κ2) is 18.3. The lowest BCUT2D eigenvalue weighted by molar-refractivity contribution is -0.197. The van der Waals surface area contributed by atoms with Gasteiger partial charge in [0, 0.05) is 62.8 Å². The highest BCUT2D eigenvalue weighted by molar-refractivity contribution is 7.46. The molecule has 0 spiro atoms. The number of anilines is 1. The number of phosphoric ester groups is 1. The van der Waals surface area contributed by atoms with E-state index in [4.69, 9.17) is 24.8 Å². The minimum Gasteiger partial charge on any atom is -0.508 e. The Bertz CT molecular complexity index is 2050. The van der Waals surface area contributed by atoms with Gasteiger partial charge in [-0.25, -0.2) is 19.3 Å². The molecule has 1 fully saturated rings. The molecule has 0 atom stereocenters. The van der Waals surface area contributed by atoms with Gasteiger partial charge in [0.1, 0.15) is 22.8 Å². The number of hydrogen-bond donors (Lipinski definition) is 5. The summed E-state index contributed by atoms with van der Waals surface area (Å²) in [5, 5.41) is 14.3. The summed E-state index contributed by atoms with van der Waals surface area (Å²) in [6, 6.07) is 9.94. The monoisotopic (exact) mass is 768 g/mol. The molecule has 1 aliphatic heterocycles. The van der Waals surface area contributed by atoms with Crippen molar-refractivity contribution in [2.45, 2.75) is 84.1 Å². The molecule has 0 bridgehead atoms. The molecule has 54 heavy (non-hydrogen) atoms. The number of nitrogens with two attached hydrogens (primary N) is 1. The number of aryl methyl sites for hydroxylation is 2. The fraction of sp³-hybridized carbons (Fsp3) is 0.444. The molecule has 290 valence electrons. The van der Waals surface area contributed by atoms with E-state index in [1.54, 1.807) is 0 Å². The maximum Gasteiger partial charge on any atom is 0.524 e. The fourth-order valence-corrected chi connectivity index (χ4v) is 6.54. The van der Waals surface area contributed by atoms with Crippen LogP contribution in [-0.2, 0) is 52.7 Å². The van der Waals surface area contributed by atoms with Crippen molar-refractivity contribution >= 4 is 59.3 Å². The average molecular weight is 769 g/mol. The van der Waals surface area contributed by atoms with Crippen LogP contribution in [-0.4, -0.2) is 77.9 Å². The summed E-state index contributed by atoms with van der Waals surface area (Å²) >= 11 is 0. The van der Waals surface area contributed by atoms with Gasteiger partial charge in [0.25, 0.3) is 11.8 Å². The van der Waals surface area contributed by atoms with E-state index in [9.17, 15) is 38.6 Å². The highest BCUT2D eigenvalue weighted by Gasteiger charge is 2.32. The number of unbranched alkanes of at least 4 members (excludes halogenated alkanes) is 1. The molecule has 0 saturated carbocycles. The number of ether oxygens (including phenoxy) is 1. The summed E-state index contributed by atoms with van der Waals surface area (Å²) in [5.41, 5.74) is 9.71. The Morgan fingerprint density at radius 1 is 0.963 bits per heavy atom. The summed E-state index contributed by atoms with van der Waals surface area (Å²) in [6.07, 6.45) is 4.70. The molecule has 3 heterocycles. The smallest absolute Gasteiger partial charge is 0.508 e. The molecule has 18 heteroatoms. The minimum atomic E-state index is -4.87. The van der Waals surface area contributed by atoms with E-state index in [0.29, 0.717) is 72.0 Å². The van der Waals surface area contributed by atoms with Crippen molar-refractivity contribution in [3.05, 3.63) is 53.3 Å². The molecule has 6 N–H and O–H groups in total. The van der Waals surface area contributed by atoms with Gasteiger partial charge in [0.05, 0.1) is 17.6 Å². The number of nitrogens with one attached hydrogen (secondary N) is 1. The Morgan fingerprint density at radius 3 is 2.46 bits per heavy atom. The van der Waals surface area contributed by atoms with Crippen LogP contribution in [0, 0.1) is 0 Å². The third kappa shape index (κ3) is 10.7. The predicted molar refractivity (Wildman–Crippen MR) is 196 cm³/mol. The lowest BCUT2D eigenvalue weighted by Gasteiger charge is -2.16. The molecule has 2 aromatic heterocycles. The number of nitrogens with zero attached hydrogens (tertiary/aromatic N) is 4. The van der Waals surface area contributed by atoms with Gasteiger partial charge in [-0.05, 0) is 61.9 Å². The number of imidazole rings is 1. The largest absolute Gasteiger partial charge is 0.524 e. The number of amides is 3. The number of phenolic OH excluding ortho intramolecular Hbond substituents is 1. The molecule has 17 nitrogen and oxygen atoms in total. The first-order valence-electron chi connectivity index (χ1n) is 17.9. The number of pyridine rings is 1. The minimum absolute atomic E-state index is 0.0211. The first-order chi connectivity index (χ1) is 25.8. The Hall–Kier alpha value is -5.09. The molecule has 3 amide bonds. The van der Waals surface area contributed by atoms with Crippen molar-refractivity contribution in [3.8, 4) is 11.5 Å². The molecule has 2 aromatic carbocycles. The van der Waals surface area contributed by atoms with Gasteiger partial charge in [-0.2, -0.15) is 0 Å². The Kier molecular flexibility index (Phi) is 13.6. The zero-order chi connectivity index (χ0) is 38.8. The van der Waals surface area contributed by atoms with Gasteiger partial charge in [-0.3, -0.25) is 24.2 Å². The van der Waals surface area contributed by atoms with E-state index in [2.05, 4.69) is 17.2 Å². The van der Waals surface area contributed by atoms with Crippen molar-refractivity contribution in [3.63, 3.8) is 0 Å². The molecule has 0 radical (unpaired) electrons. The van der Waals surface area contributed by atoms with Gasteiger partial charge in [-0.1, -0.05) is 25.5 Å². The molecular formula is C36H45N6O11P. The van der Waals surface area contributed by atoms with Crippen LogP contribution in [0.5, 0.6) is 11.5 Å². The SMILES string of the molecule is CCCCc1nc2c(N)nc3cc(CCCOCCCNC(=O)CCCC(=O)ON4C(=O)CCC4=O)ccc3c2n1Cc1cc(O)ccc1OP(=O)(O)O. The van der Waals surface area contributed by atoms with Crippen LogP contribution >= 0.6 is 7.82 Å². The number of benzene rings is 2. The number of carbonyl (C=O) groups is 4. The van der Waals surface area contributed by atoms with Gasteiger partial charge in [-0.15, -0.1) is 5.06 Å². The highest BCUT2D eigenvalue weighted by atomic mass is 31.2. The number of aromatic hydroxyl groups is 1. The number of hydrogen-bond acceptors (Lipinski definition) is 12. The van der Waals surface area contributed by atoms with Crippen molar-refractivity contribution in [2.75, 3.05) is 25.5 Å². The van der Waals surface area contributed by atoms with E-state index >= 15 is 0 Å². The topological polar surface area (TPSA) is 246 Å². The van der Waals surface area contributed by atoms with Crippen molar-refractivity contribution in [1.29, 1.82) is 0 Å². The molecule has 0 aliphatic carbocycles. The maximum atomic E-state index is 12.1. The summed E-state index contributed by atoms with van der Waals surface area (Å²) in [4.78, 5) is 80.2. The third-order valence-corrected chi connectivity index (χ3v) is 9.15. The standard InChI is InChI=1S/C36H45N6O11P/c1-2-3-8-29-40-34-35(41(29)22-24-21-25(43)12-14-28(24)53-54(48,49)50)26-13-11-23(20-27(26)39-36(34)37)7-5-18-51-19-6-17-38-30(44)9-4-10-33(47)52-42-31(45)15-16-32(42)46/h11-14,20-21,43H,2-10,15-19,22H2,1H3,(H2,37,39)(H,38,44)(H2,48,49,50). The molecule has 1 saturated heterocycles. The number of phosphoric acid groups is 1. The summed E-state index contributed by atoms with van der Waals surface area (Å²) in [5.74, 6) is -1.23. The lowest BCUT2D eigenvalue weighted by atomic mass is 10.1. The van der Waals surface area contributed by atoms with Crippen LogP contribution in [0.15, 0.2) is 36.4 Å². The highest BCUT2D eigenvalue weighted by Crippen LogP contribution is 2.41. The van der Waals surface area contributed by atoms with Crippen molar-refractivity contribution in [1.82, 2.24) is 24.9 Å². The predicted octanol–water partition coefficient (Wildman–Crippen LogP) is 3.97. The molecular weight excluding hydrogens is 723 g/mol. The first kappa shape index (κ1) is 40.1. The lowest BCUT2D eigenvalue weighted by Crippen LogP contribution is -2.32. The summed E-state index contributed by atoms with van der Waals surface area (Å²) < 4.78 is 24.3. The quantitative estimate of drug-likeness (QED) is 0.0485. The average Bonchev–Trinajstić information content (AvgIpc) is 3.64. The van der Waals surface area contributed by atoms with Crippen LogP contribution in [0.25, 0.3) is 21.9 Å². The van der Waals surface area contributed by atoms with Crippen LogP contribution < -0.4 is 15.6 Å². The van der Waals surface area contributed by atoms with Gasteiger partial charge < -0.3 is 34.8 Å². The number of fused-ring (bicyclic) bond motifs is 3. The van der Waals surface area contributed by atoms with Gasteiger partial charge >= 0.3 is 13.8 Å². The van der Waals surface area contributed by atoms with E-state index in [0.717, 1.165) is 30.2 Å². The van der Waals surface area contributed by atoms with Crippen LogP contribution in [0.4, 0.5) is 5.82 Å². The number of imide groups is 1. The second-order valence-electron chi connectivity index (χ2n) is 13.0. The first-order valence-corrected chi connectivity index (χ1v) is 19.4. The Balaban J connectivity index is 1.12.